The number of aliphatic hydroxyl groups is 2. The fraction of sp³-hybridized carbons (Fsp3) is 0.412. The Hall–Kier alpha value is -7.88. The van der Waals surface area contributed by atoms with Crippen LogP contribution in [-0.4, -0.2) is 158 Å². The van der Waals surface area contributed by atoms with Crippen LogP contribution in [-0.2, 0) is 57.6 Å². The highest BCUT2D eigenvalue weighted by molar-refractivity contribution is 7.80. The van der Waals surface area contributed by atoms with Gasteiger partial charge < -0.3 is 80.5 Å². The molecule has 19 N–H and O–H groups in total. The summed E-state index contributed by atoms with van der Waals surface area (Å²) in [4.78, 5) is 121. The van der Waals surface area contributed by atoms with E-state index in [0.717, 1.165) is 12.5 Å². The van der Waals surface area contributed by atoms with E-state index in [-0.39, 0.29) is 62.1 Å². The summed E-state index contributed by atoms with van der Waals surface area (Å²) in [6.45, 7) is 2.46. The number of aliphatic carboxylic acids is 1. The number of aromatic nitrogens is 1. The Balaban J connectivity index is 1.67. The van der Waals surface area contributed by atoms with Crippen molar-refractivity contribution in [3.05, 3.63) is 108 Å². The maximum atomic E-state index is 14.8. The standard InChI is InChI=1S/C51H70N14O11S2/c1-27(66)40(48(74)62-39(26-78)47(73)65-41(28(2)67)49(75)76)64-42(68)34(19-11-12-20-56-50(52)53)58-45(71)37(23-31-24-57-33-18-10-9-17-32(31)33)60-43(69)35(21-29-13-5-3-6-14-29)59-46(72)38(25-77)61-44(70)36(63-51(54)55)22-30-15-7-4-8-16-30/h3-10,13-18,24,27-28,34-41,57,66-67,77-78H,11-12,19-23,25-26H2,1-2H3,(H,58,71)(H,59,72)(H,60,69)(H,61,70)(H,62,74)(H,64,68)(H,65,73)(H,75,76)(H4,52,53,56)(H4,54,55,63)/t27-,28-,34+,35+,36?,37-,38+,39+,40+,41+/m1/s1. The second kappa shape index (κ2) is 31.4. The predicted octanol–water partition coefficient (Wildman–Crippen LogP) is -2.62. The lowest BCUT2D eigenvalue weighted by atomic mass is 10.0. The number of amides is 7. The fourth-order valence-electron chi connectivity index (χ4n) is 7.98. The van der Waals surface area contributed by atoms with Crippen molar-refractivity contribution in [1.82, 2.24) is 42.2 Å². The molecule has 0 spiro atoms. The molecule has 1 aromatic heterocycles. The molecule has 0 aliphatic heterocycles. The van der Waals surface area contributed by atoms with Gasteiger partial charge in [-0.15, -0.1) is 0 Å². The molecule has 0 aliphatic rings. The van der Waals surface area contributed by atoms with Crippen LogP contribution in [0, 0.1) is 0 Å². The number of guanidine groups is 2. The number of aromatic amines is 1. The third-order valence-corrected chi connectivity index (χ3v) is 12.8. The van der Waals surface area contributed by atoms with Crippen molar-refractivity contribution in [2.45, 2.75) is 113 Å². The van der Waals surface area contributed by atoms with Crippen LogP contribution in [0.25, 0.3) is 10.9 Å². The first-order valence-corrected chi connectivity index (χ1v) is 26.1. The van der Waals surface area contributed by atoms with Gasteiger partial charge >= 0.3 is 5.97 Å². The first-order valence-electron chi connectivity index (χ1n) is 24.8. The quantitative estimate of drug-likeness (QED) is 0.0106. The average Bonchev–Trinajstić information content (AvgIpc) is 3.82. The van der Waals surface area contributed by atoms with Crippen LogP contribution < -0.4 is 60.2 Å². The average molecular weight is 1120 g/mol. The van der Waals surface area contributed by atoms with E-state index in [9.17, 15) is 53.7 Å². The van der Waals surface area contributed by atoms with Crippen LogP contribution in [0.15, 0.2) is 101 Å². The van der Waals surface area contributed by atoms with E-state index in [1.165, 1.54) is 6.92 Å². The number of aliphatic hydroxyl groups excluding tert-OH is 2. The maximum absolute atomic E-state index is 14.8. The number of carbonyl (C=O) groups is 8. The van der Waals surface area contributed by atoms with E-state index in [2.05, 4.69) is 77.4 Å². The zero-order valence-corrected chi connectivity index (χ0v) is 44.8. The van der Waals surface area contributed by atoms with Crippen LogP contribution in [0.5, 0.6) is 0 Å². The zero-order chi connectivity index (χ0) is 57.5. The second-order valence-electron chi connectivity index (χ2n) is 18.3. The number of nitrogens with one attached hydrogen (secondary N) is 8. The normalized spacial score (nSPS) is 14.9. The molecule has 78 heavy (non-hydrogen) atoms. The molecule has 0 saturated carbocycles. The number of nitrogens with two attached hydrogens (primary N) is 4. The summed E-state index contributed by atoms with van der Waals surface area (Å²) in [6, 6.07) is 13.0. The molecule has 4 rings (SSSR count). The number of nitrogens with zero attached hydrogens (tertiary/aromatic N) is 2. The lowest BCUT2D eigenvalue weighted by Gasteiger charge is -2.28. The summed E-state index contributed by atoms with van der Waals surface area (Å²) in [5.74, 6) is -9.04. The predicted molar refractivity (Wildman–Crippen MR) is 299 cm³/mol. The Morgan fingerprint density at radius 3 is 1.54 bits per heavy atom. The smallest absolute Gasteiger partial charge is 0.328 e. The first kappa shape index (κ1) is 62.7. The molecule has 1 unspecified atom stereocenters. The molecule has 0 fully saturated rings. The molecule has 25 nitrogen and oxygen atoms in total. The van der Waals surface area contributed by atoms with Crippen LogP contribution in [0.3, 0.4) is 0 Å². The molecular weight excluding hydrogens is 1050 g/mol. The van der Waals surface area contributed by atoms with Gasteiger partial charge in [-0.2, -0.15) is 25.3 Å². The highest BCUT2D eigenvalue weighted by Crippen LogP contribution is 2.20. The van der Waals surface area contributed by atoms with Crippen LogP contribution in [0.1, 0.15) is 49.8 Å². The number of carbonyl (C=O) groups excluding carboxylic acids is 7. The van der Waals surface area contributed by atoms with Crippen molar-refractivity contribution in [3.8, 4) is 0 Å². The van der Waals surface area contributed by atoms with E-state index < -0.39 is 108 Å². The molecule has 0 saturated heterocycles. The Morgan fingerprint density at radius 1 is 0.538 bits per heavy atom. The summed E-state index contributed by atoms with van der Waals surface area (Å²) < 4.78 is 0. The largest absolute Gasteiger partial charge is 0.480 e. The van der Waals surface area contributed by atoms with Gasteiger partial charge in [0, 0.05) is 54.4 Å². The molecule has 7 amide bonds. The minimum absolute atomic E-state index is 0.0857. The number of benzene rings is 3. The lowest BCUT2D eigenvalue weighted by molar-refractivity contribution is -0.145. The molecular formula is C51H70N14O11S2. The number of rotatable bonds is 31. The van der Waals surface area contributed by atoms with E-state index in [1.54, 1.807) is 91.1 Å². The molecule has 0 aliphatic carbocycles. The third kappa shape index (κ3) is 19.9. The summed E-state index contributed by atoms with van der Waals surface area (Å²) >= 11 is 8.44. The number of unbranched alkanes of at least 4 members (excludes halogenated alkanes) is 1. The number of carboxylic acid groups (broad SMARTS) is 1. The Labute approximate surface area is 461 Å². The monoisotopic (exact) mass is 1120 g/mol. The molecule has 4 aromatic rings. The number of fused-ring (bicyclic) bond motifs is 1. The second-order valence-corrected chi connectivity index (χ2v) is 19.0. The van der Waals surface area contributed by atoms with Gasteiger partial charge in [0.1, 0.15) is 42.3 Å². The number of carboxylic acids is 1. The van der Waals surface area contributed by atoms with Crippen molar-refractivity contribution < 1.29 is 53.7 Å². The number of H-pyrrole nitrogens is 1. The van der Waals surface area contributed by atoms with Crippen molar-refractivity contribution >= 4 is 95.4 Å². The minimum Gasteiger partial charge on any atom is -0.480 e. The SMILES string of the molecule is C[C@@H](O)[C@H](NC(=O)[C@H](CS)NC(=O)[C@@H](NC(=O)[C@H](CCCCN=C(N)N)NC(=O)[C@@H](Cc1c[nH]c2ccccc12)NC(=O)[C@H](Cc1ccccc1)NC(=O)[C@H](CS)NC(=O)C(Cc1ccccc1)N=C(N)N)[C@@H](C)O)C(=O)O. The molecule has 3 aromatic carbocycles. The van der Waals surface area contributed by atoms with Crippen molar-refractivity contribution in [3.63, 3.8) is 0 Å². The number of aliphatic imine (C=N–C) groups is 2. The molecule has 422 valence electrons. The zero-order valence-electron chi connectivity index (χ0n) is 43.0. The van der Waals surface area contributed by atoms with Crippen molar-refractivity contribution in [2.24, 2.45) is 32.9 Å². The van der Waals surface area contributed by atoms with Crippen molar-refractivity contribution in [2.75, 3.05) is 18.1 Å². The Morgan fingerprint density at radius 2 is 1.00 bits per heavy atom. The highest BCUT2D eigenvalue weighted by atomic mass is 32.1. The molecule has 10 atom stereocenters. The summed E-state index contributed by atoms with van der Waals surface area (Å²) in [5, 5.41) is 48.5. The molecule has 0 radical (unpaired) electrons. The summed E-state index contributed by atoms with van der Waals surface area (Å²) in [6.07, 6.45) is -1.25. The van der Waals surface area contributed by atoms with Gasteiger partial charge in [-0.3, -0.25) is 38.6 Å². The van der Waals surface area contributed by atoms with Gasteiger partial charge in [0.05, 0.1) is 12.2 Å². The van der Waals surface area contributed by atoms with Gasteiger partial charge in [-0.1, -0.05) is 78.9 Å². The van der Waals surface area contributed by atoms with Gasteiger partial charge in [0.2, 0.25) is 41.4 Å². The van der Waals surface area contributed by atoms with Crippen molar-refractivity contribution in [1.29, 1.82) is 0 Å². The Kier molecular flexibility index (Phi) is 25.2. The minimum atomic E-state index is -1.77. The maximum Gasteiger partial charge on any atom is 0.328 e. The molecule has 0 bridgehead atoms. The van der Waals surface area contributed by atoms with Gasteiger partial charge in [0.15, 0.2) is 18.0 Å². The lowest BCUT2D eigenvalue weighted by Crippen LogP contribution is -2.62. The number of thiol groups is 2. The summed E-state index contributed by atoms with van der Waals surface area (Å²) in [7, 11) is 0. The van der Waals surface area contributed by atoms with E-state index >= 15 is 0 Å². The molecule has 1 heterocycles. The number of para-hydroxylation sites is 1. The molecule has 27 heteroatoms. The van der Waals surface area contributed by atoms with Gasteiger partial charge in [-0.25, -0.2) is 9.79 Å². The topological polar surface area (TPSA) is 426 Å². The first-order chi connectivity index (χ1) is 37.1. The van der Waals surface area contributed by atoms with Gasteiger partial charge in [-0.05, 0) is 55.9 Å². The van der Waals surface area contributed by atoms with Crippen LogP contribution in [0.4, 0.5) is 0 Å². The fourth-order valence-corrected chi connectivity index (χ4v) is 8.49. The van der Waals surface area contributed by atoms with E-state index in [0.29, 0.717) is 28.5 Å². The van der Waals surface area contributed by atoms with E-state index in [4.69, 9.17) is 22.9 Å². The van der Waals surface area contributed by atoms with E-state index in [1.807, 2.05) is 0 Å². The van der Waals surface area contributed by atoms with Crippen LogP contribution in [0.2, 0.25) is 0 Å². The number of hydrogen-bond donors (Lipinski definition) is 17. The highest BCUT2D eigenvalue weighted by Gasteiger charge is 2.36. The van der Waals surface area contributed by atoms with Crippen LogP contribution >= 0.6 is 25.3 Å². The third-order valence-electron chi connectivity index (χ3n) is 12.1. The summed E-state index contributed by atoms with van der Waals surface area (Å²) in [5.41, 5.74) is 25.0. The van der Waals surface area contributed by atoms with Gasteiger partial charge in [0.25, 0.3) is 0 Å². The Bertz CT molecular complexity index is 2720. The number of hydrogen-bond acceptors (Lipinski definition) is 14.